The Labute approximate surface area is 97.3 Å². The van der Waals surface area contributed by atoms with E-state index in [0.717, 1.165) is 6.42 Å². The molecule has 1 aromatic heterocycles. The second-order valence-corrected chi connectivity index (χ2v) is 4.68. The topological polar surface area (TPSA) is 17.0 Å². The number of aromatic nitrogens is 1. The van der Waals surface area contributed by atoms with Gasteiger partial charge in [-0.3, -0.25) is 0 Å². The van der Waals surface area contributed by atoms with Crippen LogP contribution in [0.2, 0.25) is 0 Å². The Morgan fingerprint density at radius 3 is 2.81 bits per heavy atom. The second kappa shape index (κ2) is 4.30. The SMILES string of the molecule is CNC(C)Cc1cn(C)c2cc(C)ccc12. The van der Waals surface area contributed by atoms with Crippen LogP contribution in [0.4, 0.5) is 0 Å². The van der Waals surface area contributed by atoms with Gasteiger partial charge in [0.2, 0.25) is 0 Å². The normalized spacial score (nSPS) is 13.2. The van der Waals surface area contributed by atoms with Crippen LogP contribution < -0.4 is 5.32 Å². The third-order valence-electron chi connectivity index (χ3n) is 3.25. The summed E-state index contributed by atoms with van der Waals surface area (Å²) in [5.41, 5.74) is 4.08. The van der Waals surface area contributed by atoms with Gasteiger partial charge in [0.1, 0.15) is 0 Å². The molecule has 0 aliphatic rings. The van der Waals surface area contributed by atoms with Crippen molar-refractivity contribution in [3.8, 4) is 0 Å². The lowest BCUT2D eigenvalue weighted by Gasteiger charge is -2.08. The number of nitrogens with one attached hydrogen (secondary N) is 1. The van der Waals surface area contributed by atoms with Gasteiger partial charge in [-0.05, 0) is 44.5 Å². The lowest BCUT2D eigenvalue weighted by atomic mass is 10.1. The van der Waals surface area contributed by atoms with E-state index < -0.39 is 0 Å². The maximum atomic E-state index is 3.29. The molecule has 1 atom stereocenters. The van der Waals surface area contributed by atoms with Crippen molar-refractivity contribution in [1.29, 1.82) is 0 Å². The number of fused-ring (bicyclic) bond motifs is 1. The zero-order valence-electron chi connectivity index (χ0n) is 10.5. The first-order chi connectivity index (χ1) is 7.61. The van der Waals surface area contributed by atoms with Crippen LogP contribution in [0.5, 0.6) is 0 Å². The van der Waals surface area contributed by atoms with Gasteiger partial charge in [-0.1, -0.05) is 12.1 Å². The molecule has 1 unspecified atom stereocenters. The Morgan fingerprint density at radius 2 is 2.12 bits per heavy atom. The van der Waals surface area contributed by atoms with Crippen LogP contribution in [-0.2, 0) is 13.5 Å². The lowest BCUT2D eigenvalue weighted by Crippen LogP contribution is -2.23. The highest BCUT2D eigenvalue weighted by Gasteiger charge is 2.08. The maximum absolute atomic E-state index is 3.29. The molecular formula is C14H20N2. The van der Waals surface area contributed by atoms with E-state index in [-0.39, 0.29) is 0 Å². The van der Waals surface area contributed by atoms with Crippen LogP contribution in [0, 0.1) is 6.92 Å². The number of rotatable bonds is 3. The number of aryl methyl sites for hydroxylation is 2. The molecule has 1 heterocycles. The number of likely N-dealkylation sites (N-methyl/N-ethyl adjacent to an activating group) is 1. The highest BCUT2D eigenvalue weighted by atomic mass is 14.9. The number of benzene rings is 1. The Kier molecular flexibility index (Phi) is 3.01. The van der Waals surface area contributed by atoms with Crippen molar-refractivity contribution in [2.24, 2.45) is 7.05 Å². The first-order valence-electron chi connectivity index (χ1n) is 5.83. The van der Waals surface area contributed by atoms with Crippen molar-refractivity contribution >= 4 is 10.9 Å². The molecule has 0 saturated carbocycles. The molecule has 2 nitrogen and oxygen atoms in total. The molecule has 2 heteroatoms. The molecular weight excluding hydrogens is 196 g/mol. The van der Waals surface area contributed by atoms with Crippen molar-refractivity contribution in [2.45, 2.75) is 26.3 Å². The molecule has 0 aliphatic heterocycles. The minimum Gasteiger partial charge on any atom is -0.350 e. The van der Waals surface area contributed by atoms with Gasteiger partial charge >= 0.3 is 0 Å². The van der Waals surface area contributed by atoms with Gasteiger partial charge in [0, 0.05) is 30.2 Å². The highest BCUT2D eigenvalue weighted by Crippen LogP contribution is 2.22. The zero-order chi connectivity index (χ0) is 11.7. The van der Waals surface area contributed by atoms with E-state index >= 15 is 0 Å². The molecule has 0 fully saturated rings. The van der Waals surface area contributed by atoms with Crippen LogP contribution in [-0.4, -0.2) is 17.7 Å². The van der Waals surface area contributed by atoms with Crippen molar-refractivity contribution in [3.63, 3.8) is 0 Å². The summed E-state index contributed by atoms with van der Waals surface area (Å²) in [6.45, 7) is 4.36. The molecule has 1 N–H and O–H groups in total. The predicted molar refractivity (Wildman–Crippen MR) is 69.9 cm³/mol. The number of nitrogens with zero attached hydrogens (tertiary/aromatic N) is 1. The lowest BCUT2D eigenvalue weighted by molar-refractivity contribution is 0.609. The second-order valence-electron chi connectivity index (χ2n) is 4.68. The minimum absolute atomic E-state index is 0.520. The van der Waals surface area contributed by atoms with E-state index in [1.165, 1.54) is 22.0 Å². The molecule has 0 aliphatic carbocycles. The fraction of sp³-hybridized carbons (Fsp3) is 0.429. The molecule has 2 rings (SSSR count). The standard InChI is InChI=1S/C14H20N2/c1-10-5-6-13-12(8-11(2)15-3)9-16(4)14(13)7-10/h5-7,9,11,15H,8H2,1-4H3. The van der Waals surface area contributed by atoms with Crippen molar-refractivity contribution < 1.29 is 0 Å². The summed E-state index contributed by atoms with van der Waals surface area (Å²) in [6.07, 6.45) is 3.33. The average Bonchev–Trinajstić information content (AvgIpc) is 2.55. The molecule has 0 spiro atoms. The van der Waals surface area contributed by atoms with E-state index in [9.17, 15) is 0 Å². The fourth-order valence-electron chi connectivity index (χ4n) is 2.17. The third kappa shape index (κ3) is 1.98. The van der Waals surface area contributed by atoms with Crippen LogP contribution in [0.3, 0.4) is 0 Å². The first-order valence-corrected chi connectivity index (χ1v) is 5.83. The molecule has 86 valence electrons. The fourth-order valence-corrected chi connectivity index (χ4v) is 2.17. The molecule has 0 bridgehead atoms. The molecule has 16 heavy (non-hydrogen) atoms. The molecule has 0 radical (unpaired) electrons. The van der Waals surface area contributed by atoms with E-state index in [0.29, 0.717) is 6.04 Å². The van der Waals surface area contributed by atoms with Crippen LogP contribution in [0.1, 0.15) is 18.1 Å². The smallest absolute Gasteiger partial charge is 0.0483 e. The van der Waals surface area contributed by atoms with Crippen molar-refractivity contribution in [2.75, 3.05) is 7.05 Å². The quantitative estimate of drug-likeness (QED) is 0.834. The van der Waals surface area contributed by atoms with E-state index in [4.69, 9.17) is 0 Å². The summed E-state index contributed by atoms with van der Waals surface area (Å²) in [6, 6.07) is 7.20. The van der Waals surface area contributed by atoms with Gasteiger partial charge in [-0.15, -0.1) is 0 Å². The van der Waals surface area contributed by atoms with E-state index in [2.05, 4.69) is 55.2 Å². The predicted octanol–water partition coefficient (Wildman–Crippen LogP) is 2.64. The van der Waals surface area contributed by atoms with Crippen LogP contribution in [0.25, 0.3) is 10.9 Å². The average molecular weight is 216 g/mol. The van der Waals surface area contributed by atoms with Crippen molar-refractivity contribution in [3.05, 3.63) is 35.5 Å². The Bertz CT molecular complexity index is 497. The van der Waals surface area contributed by atoms with Crippen LogP contribution in [0.15, 0.2) is 24.4 Å². The van der Waals surface area contributed by atoms with Gasteiger partial charge < -0.3 is 9.88 Å². The Balaban J connectivity index is 2.47. The third-order valence-corrected chi connectivity index (χ3v) is 3.25. The van der Waals surface area contributed by atoms with Crippen LogP contribution >= 0.6 is 0 Å². The van der Waals surface area contributed by atoms with E-state index in [1.54, 1.807) is 0 Å². The number of hydrogen-bond acceptors (Lipinski definition) is 1. The minimum atomic E-state index is 0.520. The summed E-state index contributed by atoms with van der Waals surface area (Å²) in [7, 11) is 4.13. The first kappa shape index (κ1) is 11.2. The van der Waals surface area contributed by atoms with Gasteiger partial charge in [0.15, 0.2) is 0 Å². The highest BCUT2D eigenvalue weighted by molar-refractivity contribution is 5.84. The maximum Gasteiger partial charge on any atom is 0.0483 e. The summed E-state index contributed by atoms with van der Waals surface area (Å²) in [4.78, 5) is 0. The van der Waals surface area contributed by atoms with Crippen molar-refractivity contribution in [1.82, 2.24) is 9.88 Å². The largest absolute Gasteiger partial charge is 0.350 e. The van der Waals surface area contributed by atoms with Gasteiger partial charge in [-0.2, -0.15) is 0 Å². The summed E-state index contributed by atoms with van der Waals surface area (Å²) in [5.74, 6) is 0. The molecule has 2 aromatic rings. The summed E-state index contributed by atoms with van der Waals surface area (Å²) < 4.78 is 2.22. The zero-order valence-corrected chi connectivity index (χ0v) is 10.5. The van der Waals surface area contributed by atoms with Gasteiger partial charge in [0.05, 0.1) is 0 Å². The monoisotopic (exact) mass is 216 g/mol. The Morgan fingerprint density at radius 1 is 1.38 bits per heavy atom. The van der Waals surface area contributed by atoms with E-state index in [1.807, 2.05) is 7.05 Å². The summed E-state index contributed by atoms with van der Waals surface area (Å²) >= 11 is 0. The molecule has 0 saturated heterocycles. The summed E-state index contributed by atoms with van der Waals surface area (Å²) in [5, 5.41) is 4.67. The van der Waals surface area contributed by atoms with Gasteiger partial charge in [0.25, 0.3) is 0 Å². The Hall–Kier alpha value is -1.28. The number of hydrogen-bond donors (Lipinski definition) is 1. The van der Waals surface area contributed by atoms with Gasteiger partial charge in [-0.25, -0.2) is 0 Å². The molecule has 1 aromatic carbocycles. The molecule has 0 amide bonds.